The Bertz CT molecular complexity index is 1260. The number of ketones is 2. The molecule has 4 aliphatic rings. The second-order valence-corrected chi connectivity index (χ2v) is 13.7. The summed E-state index contributed by atoms with van der Waals surface area (Å²) in [7, 11) is 0. The minimum Gasteiger partial charge on any atom is -0.456 e. The Hall–Kier alpha value is -2.87. The number of aliphatic hydroxyl groups is 1. The van der Waals surface area contributed by atoms with E-state index in [1.807, 2.05) is 6.92 Å². The van der Waals surface area contributed by atoms with Gasteiger partial charge in [-0.3, -0.25) is 54.5 Å². The Balaban J connectivity index is 1.48. The summed E-state index contributed by atoms with van der Waals surface area (Å²) in [6.07, 6.45) is 3.93. The van der Waals surface area contributed by atoms with Gasteiger partial charge >= 0.3 is 11.9 Å². The molecule has 3 fully saturated rings. The summed E-state index contributed by atoms with van der Waals surface area (Å²) in [5.41, 5.74) is -2.08. The van der Waals surface area contributed by atoms with Crippen molar-refractivity contribution < 1.29 is 69.1 Å². The number of fused-ring (bicyclic) bond motifs is 5. The summed E-state index contributed by atoms with van der Waals surface area (Å²) < 4.78 is 11.3. The van der Waals surface area contributed by atoms with Crippen molar-refractivity contribution in [3.8, 4) is 0 Å². The molecule has 48 heavy (non-hydrogen) atoms. The van der Waals surface area contributed by atoms with E-state index in [1.54, 1.807) is 6.08 Å². The highest BCUT2D eigenvalue weighted by atomic mass is 17.1. The van der Waals surface area contributed by atoms with Crippen molar-refractivity contribution in [3.63, 3.8) is 0 Å². The molecule has 17 heteroatoms. The van der Waals surface area contributed by atoms with Crippen LogP contribution in [0.15, 0.2) is 11.6 Å². The van der Waals surface area contributed by atoms with Gasteiger partial charge in [-0.15, -0.1) is 0 Å². The van der Waals surface area contributed by atoms with Crippen LogP contribution in [0.3, 0.4) is 0 Å². The van der Waals surface area contributed by atoms with E-state index in [9.17, 15) is 29.1 Å². The van der Waals surface area contributed by atoms with Gasteiger partial charge in [-0.2, -0.15) is 0 Å². The second kappa shape index (κ2) is 15.8. The van der Waals surface area contributed by atoms with Gasteiger partial charge < -0.3 is 19.9 Å². The van der Waals surface area contributed by atoms with Gasteiger partial charge in [-0.05, 0) is 80.6 Å². The van der Waals surface area contributed by atoms with Crippen LogP contribution in [-0.2, 0) is 43.1 Å². The molecule has 0 aromatic rings. The zero-order chi connectivity index (χ0) is 35.3. The Labute approximate surface area is 277 Å². The molecule has 7 atom stereocenters. The number of allylic oxidation sites excluding steroid dienone is 1. The maximum Gasteiger partial charge on any atom is 0.325 e. The monoisotopic (exact) mass is 685 g/mol. The molecule has 4 rings (SSSR count). The Morgan fingerprint density at radius 3 is 2.27 bits per heavy atom. The van der Waals surface area contributed by atoms with Crippen LogP contribution in [0, 0.1) is 28.6 Å². The summed E-state index contributed by atoms with van der Waals surface area (Å²) in [5.74, 6) is -3.04. The minimum atomic E-state index is -1.74. The lowest BCUT2D eigenvalue weighted by molar-refractivity contribution is -0.492. The van der Waals surface area contributed by atoms with Gasteiger partial charge in [0.25, 0.3) is 0 Å². The molecule has 0 bridgehead atoms. The van der Waals surface area contributed by atoms with Crippen molar-refractivity contribution in [2.75, 3.05) is 26.4 Å². The standard InChI is InChI=1S/C31H47N3O14/c1-29-11-9-20(35)15-19(29)7-8-21-22-10-12-31(30(22,2)16-23(36)28(21)29,48-26(39)6-4-14-47-34(43)44)24(37)18-45-27(40)17-32-25(38)5-3-13-46-33(41)42/h15,21-23,28,36,41-44H,3-14,16-18H2,1-2H3,(H,32,38)/t21?,22?,23-,28+,29-,30-,31-/m0/s1. The molecule has 17 nitrogen and oxygen atoms in total. The quantitative estimate of drug-likeness (QED) is 0.0767. The topological polar surface area (TPSA) is 242 Å². The Kier molecular flexibility index (Phi) is 12.5. The molecule has 0 aromatic carbocycles. The number of hydrogen-bond donors (Lipinski definition) is 6. The molecule has 2 unspecified atom stereocenters. The number of esters is 2. The van der Waals surface area contributed by atoms with E-state index in [-0.39, 0.29) is 80.7 Å². The summed E-state index contributed by atoms with van der Waals surface area (Å²) in [6.45, 7) is 2.27. The number of nitrogens with zero attached hydrogens (tertiary/aromatic N) is 2. The van der Waals surface area contributed by atoms with Crippen LogP contribution in [-0.4, -0.2) is 104 Å². The number of amides is 1. The maximum absolute atomic E-state index is 14.1. The van der Waals surface area contributed by atoms with E-state index in [1.165, 1.54) is 0 Å². The fourth-order valence-electron chi connectivity index (χ4n) is 8.92. The summed E-state index contributed by atoms with van der Waals surface area (Å²) >= 11 is 0. The first-order chi connectivity index (χ1) is 22.6. The first-order valence-electron chi connectivity index (χ1n) is 16.3. The highest BCUT2D eigenvalue weighted by Crippen LogP contribution is 2.68. The molecule has 1 amide bonds. The van der Waals surface area contributed by atoms with Crippen LogP contribution in [0.5, 0.6) is 0 Å². The molecule has 4 aliphatic carbocycles. The van der Waals surface area contributed by atoms with Crippen molar-refractivity contribution >= 4 is 29.4 Å². The number of Topliss-reactive ketones (excluding diaryl/α,β-unsaturated/α-hetero) is 1. The number of aliphatic hydroxyl groups excluding tert-OH is 1. The van der Waals surface area contributed by atoms with Crippen molar-refractivity contribution in [3.05, 3.63) is 11.6 Å². The van der Waals surface area contributed by atoms with Crippen LogP contribution in [0.2, 0.25) is 0 Å². The third-order valence-electron chi connectivity index (χ3n) is 11.0. The number of rotatable bonds is 16. The van der Waals surface area contributed by atoms with Gasteiger partial charge in [0.05, 0.1) is 30.1 Å². The smallest absolute Gasteiger partial charge is 0.325 e. The number of carbonyl (C=O) groups is 5. The maximum atomic E-state index is 14.1. The van der Waals surface area contributed by atoms with Gasteiger partial charge in [-0.25, -0.2) is 0 Å². The molecular formula is C31H47N3O14. The highest BCUT2D eigenvalue weighted by molar-refractivity contribution is 5.94. The average Bonchev–Trinajstić information content (AvgIpc) is 3.31. The van der Waals surface area contributed by atoms with Crippen molar-refractivity contribution in [2.24, 2.45) is 28.6 Å². The summed E-state index contributed by atoms with van der Waals surface area (Å²) in [6, 6.07) is 0. The average molecular weight is 686 g/mol. The van der Waals surface area contributed by atoms with Crippen LogP contribution in [0.1, 0.15) is 84.5 Å². The van der Waals surface area contributed by atoms with E-state index >= 15 is 0 Å². The van der Waals surface area contributed by atoms with Gasteiger partial charge in [0.15, 0.2) is 18.0 Å². The predicted molar refractivity (Wildman–Crippen MR) is 157 cm³/mol. The van der Waals surface area contributed by atoms with Gasteiger partial charge in [0.2, 0.25) is 11.7 Å². The van der Waals surface area contributed by atoms with Crippen LogP contribution < -0.4 is 5.32 Å². The number of hydrogen-bond acceptors (Lipinski definition) is 16. The van der Waals surface area contributed by atoms with E-state index in [2.05, 4.69) is 21.9 Å². The zero-order valence-electron chi connectivity index (χ0n) is 27.3. The lowest BCUT2D eigenvalue weighted by atomic mass is 9.45. The molecule has 0 radical (unpaired) electrons. The van der Waals surface area contributed by atoms with E-state index in [0.29, 0.717) is 32.1 Å². The van der Waals surface area contributed by atoms with Gasteiger partial charge in [-0.1, -0.05) is 19.4 Å². The lowest BCUT2D eigenvalue weighted by Gasteiger charge is -2.60. The number of ether oxygens (including phenoxy) is 2. The van der Waals surface area contributed by atoms with Crippen LogP contribution >= 0.6 is 0 Å². The van der Waals surface area contributed by atoms with Gasteiger partial charge in [0.1, 0.15) is 6.54 Å². The summed E-state index contributed by atoms with van der Waals surface area (Å²) in [4.78, 5) is 73.0. The van der Waals surface area contributed by atoms with Crippen LogP contribution in [0.25, 0.3) is 0 Å². The minimum absolute atomic E-state index is 0.0167. The largest absolute Gasteiger partial charge is 0.456 e. The highest BCUT2D eigenvalue weighted by Gasteiger charge is 2.70. The molecule has 0 spiro atoms. The fraction of sp³-hybridized carbons (Fsp3) is 0.774. The number of carbonyl (C=O) groups excluding carboxylic acids is 5. The normalized spacial score (nSPS) is 32.6. The third kappa shape index (κ3) is 8.11. The second-order valence-electron chi connectivity index (χ2n) is 13.7. The predicted octanol–water partition coefficient (Wildman–Crippen LogP) is 1.58. The zero-order valence-corrected chi connectivity index (χ0v) is 27.3. The molecule has 0 aromatic heterocycles. The first kappa shape index (κ1) is 37.9. The van der Waals surface area contributed by atoms with E-state index < -0.39 is 64.7 Å². The fourth-order valence-corrected chi connectivity index (χ4v) is 8.92. The molecule has 3 saturated carbocycles. The molecule has 6 N–H and O–H groups in total. The molecule has 0 aliphatic heterocycles. The van der Waals surface area contributed by atoms with E-state index in [4.69, 9.17) is 30.3 Å². The summed E-state index contributed by atoms with van der Waals surface area (Å²) in [5, 5.41) is 47.8. The van der Waals surface area contributed by atoms with Crippen molar-refractivity contribution in [1.29, 1.82) is 0 Å². The SMILES string of the molecule is C[C@]12CCC(=O)C=C1CCC1C3CC[C@](OC(=O)CCCON(O)O)(C(=O)COC(=O)CNC(=O)CCCON(O)O)[C@@]3(C)C[C@H](O)[C@@H]12. The lowest BCUT2D eigenvalue weighted by Crippen LogP contribution is -2.63. The third-order valence-corrected chi connectivity index (χ3v) is 11.0. The Morgan fingerprint density at radius 2 is 1.60 bits per heavy atom. The van der Waals surface area contributed by atoms with E-state index in [0.717, 1.165) is 5.57 Å². The number of nitrogens with one attached hydrogen (secondary N) is 1. The molecular weight excluding hydrogens is 638 g/mol. The van der Waals surface area contributed by atoms with Gasteiger partial charge in [0, 0.05) is 24.7 Å². The van der Waals surface area contributed by atoms with Crippen molar-refractivity contribution in [2.45, 2.75) is 96.2 Å². The van der Waals surface area contributed by atoms with Crippen LogP contribution in [0.4, 0.5) is 0 Å². The van der Waals surface area contributed by atoms with Crippen molar-refractivity contribution in [1.82, 2.24) is 16.1 Å². The molecule has 0 saturated heterocycles. The Morgan fingerprint density at radius 1 is 0.938 bits per heavy atom. The molecule has 270 valence electrons. The molecule has 0 heterocycles. The first-order valence-corrected chi connectivity index (χ1v) is 16.3.